The summed E-state index contributed by atoms with van der Waals surface area (Å²) in [6.07, 6.45) is 3.33. The van der Waals surface area contributed by atoms with Gasteiger partial charge in [0.2, 0.25) is 0 Å². The van der Waals surface area contributed by atoms with Crippen LogP contribution in [-0.4, -0.2) is 36.4 Å². The van der Waals surface area contributed by atoms with E-state index >= 15 is 0 Å². The number of fused-ring (bicyclic) bond motifs is 1. The highest BCUT2D eigenvalue weighted by Gasteiger charge is 2.40. The summed E-state index contributed by atoms with van der Waals surface area (Å²) in [5.41, 5.74) is 2.82. The molecule has 2 aliphatic rings. The molecule has 0 radical (unpaired) electrons. The van der Waals surface area contributed by atoms with Crippen LogP contribution in [0, 0.1) is 5.92 Å². The lowest BCUT2D eigenvalue weighted by Crippen LogP contribution is -2.31. The molecule has 2 unspecified atom stereocenters. The van der Waals surface area contributed by atoms with Gasteiger partial charge in [0, 0.05) is 18.8 Å². The van der Waals surface area contributed by atoms with Gasteiger partial charge in [-0.1, -0.05) is 30.3 Å². The first-order valence-corrected chi connectivity index (χ1v) is 6.28. The summed E-state index contributed by atoms with van der Waals surface area (Å²) in [7, 11) is 1.98. The lowest BCUT2D eigenvalue weighted by atomic mass is 9.94. The maximum Gasteiger partial charge on any atom is 0.158 e. The highest BCUT2D eigenvalue weighted by molar-refractivity contribution is 6.06. The zero-order valence-electron chi connectivity index (χ0n) is 10.9. The Morgan fingerprint density at radius 3 is 2.68 bits per heavy atom. The minimum atomic E-state index is -0.0494. The van der Waals surface area contributed by atoms with Crippen LogP contribution in [0.25, 0.3) is 5.70 Å². The van der Waals surface area contributed by atoms with E-state index in [1.807, 2.05) is 43.6 Å². The molecule has 0 aliphatic carbocycles. The van der Waals surface area contributed by atoms with E-state index < -0.39 is 0 Å². The zero-order chi connectivity index (χ0) is 13.4. The van der Waals surface area contributed by atoms with Crippen LogP contribution in [-0.2, 0) is 4.79 Å². The summed E-state index contributed by atoms with van der Waals surface area (Å²) >= 11 is 0. The van der Waals surface area contributed by atoms with Gasteiger partial charge in [-0.05, 0) is 12.5 Å². The minimum Gasteiger partial charge on any atom is -0.351 e. The number of carbonyl (C=O) groups excluding carboxylic acids is 1. The highest BCUT2D eigenvalue weighted by atomic mass is 16.1. The van der Waals surface area contributed by atoms with E-state index in [0.29, 0.717) is 0 Å². The van der Waals surface area contributed by atoms with Gasteiger partial charge in [-0.2, -0.15) is 0 Å². The Balaban J connectivity index is 2.17. The van der Waals surface area contributed by atoms with Crippen LogP contribution in [0.1, 0.15) is 12.5 Å². The number of nitrogens with zero attached hydrogens (tertiary/aromatic N) is 3. The van der Waals surface area contributed by atoms with Crippen LogP contribution in [0.3, 0.4) is 0 Å². The molecule has 0 saturated carbocycles. The fourth-order valence-electron chi connectivity index (χ4n) is 2.81. The van der Waals surface area contributed by atoms with E-state index in [0.717, 1.165) is 16.8 Å². The third kappa shape index (κ3) is 1.80. The van der Waals surface area contributed by atoms with Crippen molar-refractivity contribution in [3.63, 3.8) is 0 Å². The molecular weight excluding hydrogens is 238 g/mol. The predicted octanol–water partition coefficient (Wildman–Crippen LogP) is 1.99. The van der Waals surface area contributed by atoms with Crippen molar-refractivity contribution in [3.05, 3.63) is 41.5 Å². The highest BCUT2D eigenvalue weighted by Crippen LogP contribution is 2.39. The van der Waals surface area contributed by atoms with Crippen molar-refractivity contribution in [2.45, 2.75) is 13.1 Å². The van der Waals surface area contributed by atoms with Crippen molar-refractivity contribution < 1.29 is 4.79 Å². The number of benzene rings is 1. The molecular formula is C15H15N3O. The fourth-order valence-corrected chi connectivity index (χ4v) is 2.81. The second-order valence-corrected chi connectivity index (χ2v) is 4.80. The topological polar surface area (TPSA) is 45.0 Å². The molecule has 2 aliphatic heterocycles. The van der Waals surface area contributed by atoms with Crippen molar-refractivity contribution in [1.29, 1.82) is 0 Å². The van der Waals surface area contributed by atoms with Crippen LogP contribution >= 0.6 is 0 Å². The van der Waals surface area contributed by atoms with Gasteiger partial charge in [0.1, 0.15) is 12.5 Å². The Morgan fingerprint density at radius 2 is 2.00 bits per heavy atom. The van der Waals surface area contributed by atoms with Gasteiger partial charge in [-0.25, -0.2) is 9.98 Å². The molecule has 0 N–H and O–H groups in total. The van der Waals surface area contributed by atoms with E-state index in [4.69, 9.17) is 0 Å². The van der Waals surface area contributed by atoms with Gasteiger partial charge in [0.05, 0.1) is 11.6 Å². The summed E-state index contributed by atoms with van der Waals surface area (Å²) in [4.78, 5) is 22.6. The molecule has 1 aromatic rings. The first-order valence-electron chi connectivity index (χ1n) is 6.28. The number of carbonyl (C=O) groups is 1. The summed E-state index contributed by atoms with van der Waals surface area (Å²) in [5.74, 6) is 0.0458. The van der Waals surface area contributed by atoms with Gasteiger partial charge in [0.15, 0.2) is 5.78 Å². The Morgan fingerprint density at radius 1 is 1.26 bits per heavy atom. The molecule has 19 heavy (non-hydrogen) atoms. The number of Topliss-reactive ketones (excluding diaryl/α,β-unsaturated/α-hetero) is 1. The van der Waals surface area contributed by atoms with Crippen molar-refractivity contribution in [2.75, 3.05) is 7.05 Å². The fraction of sp³-hybridized carbons (Fsp3) is 0.267. The molecule has 4 nitrogen and oxygen atoms in total. The van der Waals surface area contributed by atoms with Crippen molar-refractivity contribution in [3.8, 4) is 0 Å². The average molecular weight is 253 g/mol. The molecule has 3 rings (SSSR count). The number of hydrogen-bond donors (Lipinski definition) is 0. The Hall–Kier alpha value is -2.23. The van der Waals surface area contributed by atoms with Crippen molar-refractivity contribution >= 4 is 24.0 Å². The second-order valence-electron chi connectivity index (χ2n) is 4.80. The van der Waals surface area contributed by atoms with Gasteiger partial charge < -0.3 is 4.90 Å². The standard InChI is InChI=1S/C15H15N3O/c1-10(19)13-12-8-16-9-17-15(12)18(2)14(13)11-6-4-3-5-7-11/h3-9,12,15H,1-2H3. The Kier molecular flexibility index (Phi) is 2.78. The largest absolute Gasteiger partial charge is 0.351 e. The lowest BCUT2D eigenvalue weighted by molar-refractivity contribution is -0.113. The molecule has 0 amide bonds. The molecule has 0 fully saturated rings. The molecule has 4 heteroatoms. The third-order valence-electron chi connectivity index (χ3n) is 3.62. The van der Waals surface area contributed by atoms with Crippen LogP contribution < -0.4 is 0 Å². The van der Waals surface area contributed by atoms with Crippen LogP contribution in [0.4, 0.5) is 0 Å². The number of ketones is 1. The zero-order valence-corrected chi connectivity index (χ0v) is 10.9. The van der Waals surface area contributed by atoms with E-state index in [9.17, 15) is 4.79 Å². The average Bonchev–Trinajstić information content (AvgIpc) is 2.74. The van der Waals surface area contributed by atoms with E-state index in [2.05, 4.69) is 14.9 Å². The first kappa shape index (κ1) is 11.8. The minimum absolute atomic E-state index is 0.0392. The van der Waals surface area contributed by atoms with Gasteiger partial charge in [0.25, 0.3) is 0 Å². The van der Waals surface area contributed by atoms with Gasteiger partial charge >= 0.3 is 0 Å². The maximum absolute atomic E-state index is 12.0. The van der Waals surface area contributed by atoms with E-state index in [-0.39, 0.29) is 17.9 Å². The van der Waals surface area contributed by atoms with Crippen molar-refractivity contribution in [2.24, 2.45) is 15.9 Å². The number of rotatable bonds is 2. The first-order chi connectivity index (χ1) is 9.20. The SMILES string of the molecule is CC(=O)C1=C(c2ccccc2)N(C)C2N=CN=CC12. The lowest BCUT2D eigenvalue weighted by Gasteiger charge is -2.25. The van der Waals surface area contributed by atoms with Gasteiger partial charge in [-0.15, -0.1) is 0 Å². The Bertz CT molecular complexity index is 601. The van der Waals surface area contributed by atoms with Crippen molar-refractivity contribution in [1.82, 2.24) is 4.90 Å². The third-order valence-corrected chi connectivity index (χ3v) is 3.62. The summed E-state index contributed by atoms with van der Waals surface area (Å²) in [6, 6.07) is 9.97. The monoisotopic (exact) mass is 253 g/mol. The molecule has 0 aromatic heterocycles. The summed E-state index contributed by atoms with van der Waals surface area (Å²) in [6.45, 7) is 1.61. The molecule has 0 bridgehead atoms. The maximum atomic E-state index is 12.0. The van der Waals surface area contributed by atoms with E-state index in [1.165, 1.54) is 0 Å². The quantitative estimate of drug-likeness (QED) is 0.809. The Labute approximate surface area is 112 Å². The normalized spacial score (nSPS) is 24.8. The van der Waals surface area contributed by atoms with Gasteiger partial charge in [-0.3, -0.25) is 4.79 Å². The number of hydrogen-bond acceptors (Lipinski definition) is 4. The summed E-state index contributed by atoms with van der Waals surface area (Å²) < 4.78 is 0. The molecule has 0 spiro atoms. The number of aliphatic imine (C=N–C) groups is 2. The molecule has 2 atom stereocenters. The van der Waals surface area contributed by atoms with Crippen LogP contribution in [0.5, 0.6) is 0 Å². The molecule has 1 aromatic carbocycles. The van der Waals surface area contributed by atoms with Crippen LogP contribution in [0.2, 0.25) is 0 Å². The smallest absolute Gasteiger partial charge is 0.158 e. The van der Waals surface area contributed by atoms with Crippen LogP contribution in [0.15, 0.2) is 45.9 Å². The second kappa shape index (κ2) is 4.46. The summed E-state index contributed by atoms with van der Waals surface area (Å²) in [5, 5.41) is 0. The van der Waals surface area contributed by atoms with E-state index in [1.54, 1.807) is 13.3 Å². The predicted molar refractivity (Wildman–Crippen MR) is 76.1 cm³/mol. The molecule has 2 heterocycles. The molecule has 0 saturated heterocycles. The molecule has 96 valence electrons.